The third-order valence-corrected chi connectivity index (χ3v) is 4.42. The van der Waals surface area contributed by atoms with Gasteiger partial charge in [0.25, 0.3) is 0 Å². The van der Waals surface area contributed by atoms with Crippen molar-refractivity contribution in [2.45, 2.75) is 25.5 Å². The van der Waals surface area contributed by atoms with E-state index in [1.807, 2.05) is 18.9 Å². The third-order valence-electron chi connectivity index (χ3n) is 2.90. The molecule has 1 aromatic heterocycles. The Balaban J connectivity index is 2.22. The van der Waals surface area contributed by atoms with Crippen LogP contribution < -0.4 is 4.90 Å². The van der Waals surface area contributed by atoms with E-state index in [1.54, 1.807) is 0 Å². The van der Waals surface area contributed by atoms with Gasteiger partial charge in [0.05, 0.1) is 12.1 Å². The number of carbonyl (C=O) groups is 1. The first kappa shape index (κ1) is 12.6. The topological polar surface area (TPSA) is 62.7 Å². The highest BCUT2D eigenvalue weighted by Gasteiger charge is 2.30. The number of hydrogen-bond acceptors (Lipinski definition) is 5. The molecular weight excluding hydrogens is 264 g/mol. The lowest BCUT2D eigenvalue weighted by atomic mass is 10.1. The van der Waals surface area contributed by atoms with E-state index in [4.69, 9.17) is 21.4 Å². The van der Waals surface area contributed by atoms with Crippen LogP contribution in [0.15, 0.2) is 0 Å². The van der Waals surface area contributed by atoms with Crippen molar-refractivity contribution in [3.05, 3.63) is 10.0 Å². The van der Waals surface area contributed by atoms with Crippen LogP contribution in [-0.4, -0.2) is 41.9 Å². The number of rotatable bonds is 3. The Morgan fingerprint density at radius 2 is 2.41 bits per heavy atom. The molecule has 1 saturated heterocycles. The summed E-state index contributed by atoms with van der Waals surface area (Å²) in [4.78, 5) is 17.0. The van der Waals surface area contributed by atoms with Crippen LogP contribution >= 0.6 is 22.9 Å². The molecule has 2 heterocycles. The Kier molecular flexibility index (Phi) is 3.56. The van der Waals surface area contributed by atoms with Crippen LogP contribution in [0.1, 0.15) is 23.0 Å². The van der Waals surface area contributed by atoms with Crippen LogP contribution in [-0.2, 0) is 4.74 Å². The van der Waals surface area contributed by atoms with E-state index < -0.39 is 5.97 Å². The van der Waals surface area contributed by atoms with Gasteiger partial charge in [-0.1, -0.05) is 22.9 Å². The molecule has 0 aromatic carbocycles. The van der Waals surface area contributed by atoms with Gasteiger partial charge in [-0.15, -0.1) is 0 Å². The Labute approximate surface area is 108 Å². The minimum atomic E-state index is -1.04. The second kappa shape index (κ2) is 4.80. The van der Waals surface area contributed by atoms with Gasteiger partial charge in [0.2, 0.25) is 0 Å². The first-order valence-corrected chi connectivity index (χ1v) is 6.44. The molecule has 2 unspecified atom stereocenters. The highest BCUT2D eigenvalue weighted by molar-refractivity contribution is 7.18. The molecule has 1 aromatic rings. The molecule has 0 amide bonds. The van der Waals surface area contributed by atoms with E-state index in [0.717, 1.165) is 24.4 Å². The number of thiazole rings is 1. The lowest BCUT2D eigenvalue weighted by molar-refractivity contribution is 0.0702. The number of anilines is 1. The van der Waals surface area contributed by atoms with Gasteiger partial charge < -0.3 is 14.7 Å². The highest BCUT2D eigenvalue weighted by atomic mass is 35.5. The van der Waals surface area contributed by atoms with E-state index in [1.165, 1.54) is 0 Å². The summed E-state index contributed by atoms with van der Waals surface area (Å²) in [5.41, 5.74) is 0. The molecule has 0 aliphatic carbocycles. The monoisotopic (exact) mass is 276 g/mol. The molecule has 17 heavy (non-hydrogen) atoms. The average molecular weight is 277 g/mol. The minimum Gasteiger partial charge on any atom is -0.477 e. The van der Waals surface area contributed by atoms with E-state index in [0.29, 0.717) is 5.13 Å². The average Bonchev–Trinajstić information content (AvgIpc) is 2.83. The SMILES string of the molecule is CC1OCCC1N(C)c1nc(Cl)c(C(=O)O)s1. The number of aromatic carboxylic acids is 1. The lowest BCUT2D eigenvalue weighted by Crippen LogP contribution is -2.36. The Morgan fingerprint density at radius 1 is 1.71 bits per heavy atom. The first-order valence-electron chi connectivity index (χ1n) is 5.24. The predicted octanol–water partition coefficient (Wildman–Crippen LogP) is 2.11. The van der Waals surface area contributed by atoms with Crippen LogP contribution in [0.3, 0.4) is 0 Å². The number of ether oxygens (including phenoxy) is 1. The van der Waals surface area contributed by atoms with Gasteiger partial charge in [0.1, 0.15) is 0 Å². The molecule has 1 aliphatic heterocycles. The summed E-state index contributed by atoms with van der Waals surface area (Å²) in [6.45, 7) is 2.72. The maximum atomic E-state index is 10.9. The summed E-state index contributed by atoms with van der Waals surface area (Å²) in [6.07, 6.45) is 1.04. The highest BCUT2D eigenvalue weighted by Crippen LogP contribution is 2.32. The number of nitrogens with zero attached hydrogens (tertiary/aromatic N) is 2. The van der Waals surface area contributed by atoms with Crippen molar-refractivity contribution in [2.24, 2.45) is 0 Å². The number of halogens is 1. The molecular formula is C10H13ClN2O3S. The van der Waals surface area contributed by atoms with Crippen LogP contribution in [0.25, 0.3) is 0 Å². The molecule has 5 nitrogen and oxygen atoms in total. The molecule has 2 atom stereocenters. The molecule has 0 radical (unpaired) electrons. The normalized spacial score (nSPS) is 23.9. The maximum Gasteiger partial charge on any atom is 0.349 e. The van der Waals surface area contributed by atoms with Crippen molar-refractivity contribution in [1.29, 1.82) is 0 Å². The van der Waals surface area contributed by atoms with Crippen molar-refractivity contribution in [3.8, 4) is 0 Å². The third kappa shape index (κ3) is 2.38. The zero-order valence-corrected chi connectivity index (χ0v) is 11.1. The second-order valence-corrected chi connectivity index (χ2v) is 5.30. The fraction of sp³-hybridized carbons (Fsp3) is 0.600. The Hall–Kier alpha value is -0.850. The zero-order chi connectivity index (χ0) is 12.6. The standard InChI is InChI=1S/C10H13ClN2O3S/c1-5-6(3-4-16-5)13(2)10-12-8(11)7(17-10)9(14)15/h5-6H,3-4H2,1-2H3,(H,14,15). The van der Waals surface area contributed by atoms with Crippen LogP contribution in [0.4, 0.5) is 5.13 Å². The largest absolute Gasteiger partial charge is 0.477 e. The van der Waals surface area contributed by atoms with Gasteiger partial charge in [-0.3, -0.25) is 0 Å². The smallest absolute Gasteiger partial charge is 0.349 e. The van der Waals surface area contributed by atoms with Gasteiger partial charge in [-0.05, 0) is 13.3 Å². The molecule has 1 fully saturated rings. The zero-order valence-electron chi connectivity index (χ0n) is 9.51. The van der Waals surface area contributed by atoms with Crippen molar-refractivity contribution < 1.29 is 14.6 Å². The molecule has 2 rings (SSSR count). The number of carboxylic acids is 1. The Morgan fingerprint density at radius 3 is 2.88 bits per heavy atom. The fourth-order valence-corrected chi connectivity index (χ4v) is 3.09. The van der Waals surface area contributed by atoms with Crippen LogP contribution in [0.2, 0.25) is 5.15 Å². The van der Waals surface area contributed by atoms with Gasteiger partial charge in [0.15, 0.2) is 15.2 Å². The molecule has 94 valence electrons. The number of aromatic nitrogens is 1. The summed E-state index contributed by atoms with van der Waals surface area (Å²) in [5, 5.41) is 9.59. The van der Waals surface area contributed by atoms with Crippen LogP contribution in [0, 0.1) is 0 Å². The fourth-order valence-electron chi connectivity index (χ4n) is 1.94. The van der Waals surface area contributed by atoms with Crippen molar-refractivity contribution >= 4 is 34.0 Å². The summed E-state index contributed by atoms with van der Waals surface area (Å²) in [6, 6.07) is 0.221. The molecule has 7 heteroatoms. The summed E-state index contributed by atoms with van der Waals surface area (Å²) >= 11 is 6.88. The van der Waals surface area contributed by atoms with E-state index >= 15 is 0 Å². The maximum absolute atomic E-state index is 10.9. The van der Waals surface area contributed by atoms with Gasteiger partial charge >= 0.3 is 5.97 Å². The number of hydrogen-bond donors (Lipinski definition) is 1. The van der Waals surface area contributed by atoms with Crippen molar-refractivity contribution in [1.82, 2.24) is 4.98 Å². The summed E-state index contributed by atoms with van der Waals surface area (Å²) < 4.78 is 5.48. The van der Waals surface area contributed by atoms with E-state index in [-0.39, 0.29) is 22.2 Å². The van der Waals surface area contributed by atoms with Gasteiger partial charge in [0, 0.05) is 13.7 Å². The molecule has 0 saturated carbocycles. The van der Waals surface area contributed by atoms with E-state index in [2.05, 4.69) is 4.98 Å². The van der Waals surface area contributed by atoms with Crippen molar-refractivity contribution in [2.75, 3.05) is 18.6 Å². The molecule has 1 aliphatic rings. The first-order chi connectivity index (χ1) is 8.00. The molecule has 1 N–H and O–H groups in total. The van der Waals surface area contributed by atoms with Crippen molar-refractivity contribution in [3.63, 3.8) is 0 Å². The summed E-state index contributed by atoms with van der Waals surface area (Å²) in [7, 11) is 1.89. The molecule has 0 bridgehead atoms. The van der Waals surface area contributed by atoms with Gasteiger partial charge in [-0.25, -0.2) is 9.78 Å². The van der Waals surface area contributed by atoms with Gasteiger partial charge in [-0.2, -0.15) is 0 Å². The number of likely N-dealkylation sites (N-methyl/N-ethyl adjacent to an activating group) is 1. The predicted molar refractivity (Wildman–Crippen MR) is 66.3 cm³/mol. The van der Waals surface area contributed by atoms with E-state index in [9.17, 15) is 4.79 Å². The second-order valence-electron chi connectivity index (χ2n) is 3.96. The minimum absolute atomic E-state index is 0.0518. The quantitative estimate of drug-likeness (QED) is 0.916. The number of carboxylic acid groups (broad SMARTS) is 1. The lowest BCUT2D eigenvalue weighted by Gasteiger charge is -2.25. The Bertz CT molecular complexity index is 437. The summed E-state index contributed by atoms with van der Waals surface area (Å²) in [5.74, 6) is -1.04. The van der Waals surface area contributed by atoms with Crippen LogP contribution in [0.5, 0.6) is 0 Å². The molecule has 0 spiro atoms.